The van der Waals surface area contributed by atoms with Crippen molar-refractivity contribution in [2.24, 2.45) is 5.92 Å². The number of carbonyl (C=O) groups excluding carboxylic acids is 1. The van der Waals surface area contributed by atoms with E-state index in [0.29, 0.717) is 19.0 Å². The van der Waals surface area contributed by atoms with Crippen LogP contribution >= 0.6 is 0 Å². The Hall–Kier alpha value is -2.43. The van der Waals surface area contributed by atoms with Gasteiger partial charge in [-0.25, -0.2) is 0 Å². The summed E-state index contributed by atoms with van der Waals surface area (Å²) in [7, 11) is 0. The predicted octanol–water partition coefficient (Wildman–Crippen LogP) is 2.36. The molecule has 0 spiro atoms. The minimum Gasteiger partial charge on any atom is -0.342 e. The zero-order valence-corrected chi connectivity index (χ0v) is 15.1. The van der Waals surface area contributed by atoms with Crippen LogP contribution in [0.25, 0.3) is 11.3 Å². The van der Waals surface area contributed by atoms with E-state index in [4.69, 9.17) is 4.98 Å². The number of likely N-dealkylation sites (tertiary alicyclic amines) is 1. The largest absolute Gasteiger partial charge is 0.342 e. The van der Waals surface area contributed by atoms with Crippen LogP contribution < -0.4 is 5.56 Å². The lowest BCUT2D eigenvalue weighted by Crippen LogP contribution is -2.48. The lowest BCUT2D eigenvalue weighted by atomic mass is 9.82. The number of hydrogen-bond donors (Lipinski definition) is 0. The highest BCUT2D eigenvalue weighted by molar-refractivity contribution is 5.73. The smallest absolute Gasteiger partial charge is 0.251 e. The van der Waals surface area contributed by atoms with Gasteiger partial charge in [-0.2, -0.15) is 0 Å². The molecule has 0 N–H and O–H groups in total. The summed E-state index contributed by atoms with van der Waals surface area (Å²) in [5, 5.41) is 0. The molecule has 2 atom stereocenters. The zero-order valence-electron chi connectivity index (χ0n) is 15.1. The molecule has 0 aromatic carbocycles. The van der Waals surface area contributed by atoms with E-state index in [1.54, 1.807) is 13.0 Å². The second kappa shape index (κ2) is 5.79. The first-order chi connectivity index (χ1) is 12.6. The number of pyridine rings is 2. The highest BCUT2D eigenvalue weighted by atomic mass is 16.2. The quantitative estimate of drug-likeness (QED) is 0.794. The summed E-state index contributed by atoms with van der Waals surface area (Å²) >= 11 is 0. The van der Waals surface area contributed by atoms with Crippen LogP contribution in [-0.4, -0.2) is 33.4 Å². The summed E-state index contributed by atoms with van der Waals surface area (Å²) in [5.41, 5.74) is 5.46. The van der Waals surface area contributed by atoms with E-state index in [-0.39, 0.29) is 17.4 Å². The number of aryl methyl sites for hydroxylation is 2. The van der Waals surface area contributed by atoms with Crippen molar-refractivity contribution >= 4 is 5.91 Å². The van der Waals surface area contributed by atoms with Gasteiger partial charge in [0.15, 0.2) is 0 Å². The third kappa shape index (κ3) is 2.49. The Labute approximate surface area is 152 Å². The topological polar surface area (TPSA) is 55.2 Å². The number of nitrogens with zero attached hydrogens (tertiary/aromatic N) is 3. The van der Waals surface area contributed by atoms with E-state index in [2.05, 4.69) is 12.1 Å². The highest BCUT2D eigenvalue weighted by Gasteiger charge is 2.35. The van der Waals surface area contributed by atoms with Crippen LogP contribution in [0.2, 0.25) is 0 Å². The van der Waals surface area contributed by atoms with E-state index in [9.17, 15) is 9.59 Å². The first-order valence-electron chi connectivity index (χ1n) is 9.58. The van der Waals surface area contributed by atoms with Crippen molar-refractivity contribution < 1.29 is 4.79 Å². The predicted molar refractivity (Wildman–Crippen MR) is 99.1 cm³/mol. The number of aromatic nitrogens is 2. The molecular formula is C21H23N3O2. The van der Waals surface area contributed by atoms with Crippen LogP contribution in [0.5, 0.6) is 0 Å². The molecule has 5 nitrogen and oxygen atoms in total. The fraction of sp³-hybridized carbons (Fsp3) is 0.476. The Morgan fingerprint density at radius 2 is 2.04 bits per heavy atom. The van der Waals surface area contributed by atoms with Crippen LogP contribution in [0, 0.1) is 5.92 Å². The Morgan fingerprint density at radius 1 is 1.15 bits per heavy atom. The summed E-state index contributed by atoms with van der Waals surface area (Å²) < 4.78 is 1.92. The van der Waals surface area contributed by atoms with E-state index >= 15 is 0 Å². The SMILES string of the molecule is CC(=O)N1C[C@@H]2C[C@H](C1)c1cc(-c3ccc4c(n3)CCC4)cc(=O)n1C2. The van der Waals surface area contributed by atoms with E-state index in [1.807, 2.05) is 15.5 Å². The van der Waals surface area contributed by atoms with Crippen LogP contribution in [0.1, 0.15) is 42.6 Å². The number of carbonyl (C=O) groups is 1. The number of rotatable bonds is 1. The van der Waals surface area contributed by atoms with Crippen molar-refractivity contribution in [3.8, 4) is 11.3 Å². The molecule has 3 aliphatic rings. The fourth-order valence-corrected chi connectivity index (χ4v) is 4.95. The van der Waals surface area contributed by atoms with E-state index in [1.165, 1.54) is 17.7 Å². The maximum absolute atomic E-state index is 12.8. The molecule has 5 heteroatoms. The van der Waals surface area contributed by atoms with E-state index < -0.39 is 0 Å². The van der Waals surface area contributed by atoms with Gasteiger partial charge in [-0.05, 0) is 49.3 Å². The molecule has 2 aromatic heterocycles. The number of fused-ring (bicyclic) bond motifs is 5. The van der Waals surface area contributed by atoms with Crippen molar-refractivity contribution in [1.82, 2.24) is 14.5 Å². The molecule has 2 bridgehead atoms. The molecule has 4 heterocycles. The van der Waals surface area contributed by atoms with Gasteiger partial charge in [-0.15, -0.1) is 0 Å². The molecule has 2 aromatic rings. The number of piperidine rings is 1. The van der Waals surface area contributed by atoms with Gasteiger partial charge in [0.25, 0.3) is 5.56 Å². The summed E-state index contributed by atoms with van der Waals surface area (Å²) in [6.45, 7) is 3.84. The molecule has 1 aliphatic carbocycles. The molecule has 2 aliphatic heterocycles. The van der Waals surface area contributed by atoms with Crippen LogP contribution in [0.3, 0.4) is 0 Å². The van der Waals surface area contributed by atoms with Crippen molar-refractivity contribution in [2.75, 3.05) is 13.1 Å². The zero-order chi connectivity index (χ0) is 17.8. The summed E-state index contributed by atoms with van der Waals surface area (Å²) in [4.78, 5) is 31.4. The van der Waals surface area contributed by atoms with Gasteiger partial charge in [0.05, 0.1) is 5.69 Å². The standard InChI is InChI=1S/C21H23N3O2/c1-13(25)23-10-14-7-17(12-23)20-8-16(9-21(26)24(20)11-14)19-6-5-15-3-2-4-18(15)22-19/h5-6,8-9,14,17H,2-4,7,10-12H2,1H3/t14-,17+/m0/s1. The molecule has 1 fully saturated rings. The molecule has 0 radical (unpaired) electrons. The summed E-state index contributed by atoms with van der Waals surface area (Å²) in [6, 6.07) is 8.08. The Morgan fingerprint density at radius 3 is 2.88 bits per heavy atom. The number of hydrogen-bond acceptors (Lipinski definition) is 3. The first kappa shape index (κ1) is 15.8. The molecule has 5 rings (SSSR count). The second-order valence-corrected chi connectivity index (χ2v) is 8.00. The molecule has 134 valence electrons. The molecule has 1 amide bonds. The van der Waals surface area contributed by atoms with Gasteiger partial charge in [-0.3, -0.25) is 14.6 Å². The lowest BCUT2D eigenvalue weighted by Gasteiger charge is -2.42. The Balaban J connectivity index is 1.57. The Kier molecular flexibility index (Phi) is 3.52. The van der Waals surface area contributed by atoms with Crippen LogP contribution in [0.15, 0.2) is 29.1 Å². The third-order valence-corrected chi connectivity index (χ3v) is 6.23. The highest BCUT2D eigenvalue weighted by Crippen LogP contribution is 2.36. The van der Waals surface area contributed by atoms with Crippen molar-refractivity contribution in [3.63, 3.8) is 0 Å². The van der Waals surface area contributed by atoms with Gasteiger partial charge >= 0.3 is 0 Å². The minimum atomic E-state index is 0.0609. The minimum absolute atomic E-state index is 0.0609. The molecular weight excluding hydrogens is 326 g/mol. The molecule has 0 saturated carbocycles. The molecule has 1 saturated heterocycles. The average molecular weight is 349 g/mol. The maximum Gasteiger partial charge on any atom is 0.251 e. The molecule has 0 unspecified atom stereocenters. The number of amides is 1. The van der Waals surface area contributed by atoms with Crippen molar-refractivity contribution in [1.29, 1.82) is 0 Å². The van der Waals surface area contributed by atoms with Crippen molar-refractivity contribution in [2.45, 2.75) is 45.1 Å². The van der Waals surface area contributed by atoms with Crippen LogP contribution in [0.4, 0.5) is 0 Å². The Bertz CT molecular complexity index is 962. The lowest BCUT2D eigenvalue weighted by molar-refractivity contribution is -0.131. The van der Waals surface area contributed by atoms with Gasteiger partial charge in [0.1, 0.15) is 0 Å². The normalized spacial score (nSPS) is 23.5. The molecule has 26 heavy (non-hydrogen) atoms. The van der Waals surface area contributed by atoms with Gasteiger partial charge in [0.2, 0.25) is 5.91 Å². The van der Waals surface area contributed by atoms with E-state index in [0.717, 1.165) is 42.8 Å². The van der Waals surface area contributed by atoms with Crippen LogP contribution in [-0.2, 0) is 24.2 Å². The summed E-state index contributed by atoms with van der Waals surface area (Å²) in [6.07, 6.45) is 4.37. The monoisotopic (exact) mass is 349 g/mol. The van der Waals surface area contributed by atoms with Gasteiger partial charge in [-0.1, -0.05) is 6.07 Å². The average Bonchev–Trinajstić information content (AvgIpc) is 3.10. The second-order valence-electron chi connectivity index (χ2n) is 8.00. The fourth-order valence-electron chi connectivity index (χ4n) is 4.95. The van der Waals surface area contributed by atoms with Crippen molar-refractivity contribution in [3.05, 3.63) is 51.6 Å². The van der Waals surface area contributed by atoms with Gasteiger partial charge < -0.3 is 9.47 Å². The summed E-state index contributed by atoms with van der Waals surface area (Å²) in [5.74, 6) is 0.757. The third-order valence-electron chi connectivity index (χ3n) is 6.23. The van der Waals surface area contributed by atoms with Gasteiger partial charge in [0, 0.05) is 55.5 Å². The maximum atomic E-state index is 12.8. The first-order valence-corrected chi connectivity index (χ1v) is 9.58.